The van der Waals surface area contributed by atoms with E-state index in [-0.39, 0.29) is 29.6 Å². The Bertz CT molecular complexity index is 2560. The molecule has 3 aliphatic heterocycles. The zero-order valence-corrected chi connectivity index (χ0v) is 48.8. The molecular formula is C58H85N3O18S. The third-order valence-electron chi connectivity index (χ3n) is 13.2. The van der Waals surface area contributed by atoms with Crippen molar-refractivity contribution in [1.82, 2.24) is 9.64 Å². The molecule has 446 valence electrons. The van der Waals surface area contributed by atoms with E-state index in [9.17, 15) is 27.4 Å². The van der Waals surface area contributed by atoms with Crippen LogP contribution >= 0.6 is 0 Å². The number of fused-ring (bicyclic) bond motifs is 2. The highest BCUT2D eigenvalue weighted by Crippen LogP contribution is 2.48. The van der Waals surface area contributed by atoms with Crippen molar-refractivity contribution >= 4 is 39.7 Å². The molecule has 0 spiro atoms. The molecule has 4 aliphatic rings. The van der Waals surface area contributed by atoms with Gasteiger partial charge in [-0.25, -0.2) is 17.8 Å². The fourth-order valence-corrected chi connectivity index (χ4v) is 9.42. The third-order valence-corrected chi connectivity index (χ3v) is 14.0. The predicted molar refractivity (Wildman–Crippen MR) is 297 cm³/mol. The van der Waals surface area contributed by atoms with E-state index in [1.807, 2.05) is 38.1 Å². The van der Waals surface area contributed by atoms with Gasteiger partial charge in [-0.2, -0.15) is 0 Å². The highest BCUT2D eigenvalue weighted by Gasteiger charge is 2.40. The molecule has 2 amide bonds. The Hall–Kier alpha value is -4.95. The number of carbonyl (C=O) groups is 3. The van der Waals surface area contributed by atoms with Crippen LogP contribution in [0.15, 0.2) is 69.6 Å². The molecule has 0 aromatic heterocycles. The maximum absolute atomic E-state index is 12.5. The quantitative estimate of drug-likeness (QED) is 0.0290. The Morgan fingerprint density at radius 2 is 1.20 bits per heavy atom. The van der Waals surface area contributed by atoms with Crippen LogP contribution in [0.4, 0.5) is 5.69 Å². The molecule has 0 saturated carbocycles. The number of allylic oxidation sites excluding steroid dienone is 3. The van der Waals surface area contributed by atoms with Crippen LogP contribution < -0.4 is 14.8 Å². The van der Waals surface area contributed by atoms with E-state index in [0.29, 0.717) is 180 Å². The van der Waals surface area contributed by atoms with Crippen LogP contribution in [0.3, 0.4) is 0 Å². The summed E-state index contributed by atoms with van der Waals surface area (Å²) in [5.41, 5.74) is 3.39. The number of anilines is 1. The molecule has 0 N–H and O–H groups in total. The van der Waals surface area contributed by atoms with Gasteiger partial charge in [-0.1, -0.05) is 47.1 Å². The average Bonchev–Trinajstić information content (AvgIpc) is 4.06. The van der Waals surface area contributed by atoms with Crippen molar-refractivity contribution in [2.24, 2.45) is 0 Å². The highest BCUT2D eigenvalue weighted by atomic mass is 32.2. The van der Waals surface area contributed by atoms with Crippen molar-refractivity contribution in [3.63, 3.8) is 0 Å². The predicted octanol–water partition coefficient (Wildman–Crippen LogP) is 5.65. The van der Waals surface area contributed by atoms with Gasteiger partial charge in [0.15, 0.2) is 13.1 Å². The number of unbranched alkanes of at least 4 members (excludes halogenated alkanes) is 2. The number of ether oxygens (including phenoxy) is 10. The molecule has 21 nitrogen and oxygen atoms in total. The van der Waals surface area contributed by atoms with Crippen LogP contribution in [-0.4, -0.2) is 189 Å². The Morgan fingerprint density at radius 3 is 1.70 bits per heavy atom. The zero-order chi connectivity index (χ0) is 57.8. The van der Waals surface area contributed by atoms with Gasteiger partial charge in [0.1, 0.15) is 34.9 Å². The molecule has 0 unspecified atom stereocenters. The number of imide groups is 1. The minimum atomic E-state index is -4.73. The summed E-state index contributed by atoms with van der Waals surface area (Å²) < 4.78 is 101. The lowest BCUT2D eigenvalue weighted by Gasteiger charge is -2.27. The number of amides is 2. The summed E-state index contributed by atoms with van der Waals surface area (Å²) in [5, 5.41) is 1.47. The average molecular weight is 1140 g/mol. The Morgan fingerprint density at radius 1 is 0.688 bits per heavy atom. The second-order valence-electron chi connectivity index (χ2n) is 20.5. The fourth-order valence-electron chi connectivity index (χ4n) is 8.93. The van der Waals surface area contributed by atoms with Gasteiger partial charge in [-0.3, -0.25) is 9.59 Å². The van der Waals surface area contributed by atoms with Crippen LogP contribution in [0, 0.1) is 0 Å². The summed E-state index contributed by atoms with van der Waals surface area (Å²) in [6, 6.07) is 12.7. The molecule has 5 rings (SSSR count). The molecule has 0 atom stereocenters. The summed E-state index contributed by atoms with van der Waals surface area (Å²) in [7, 11) is -1.46. The first-order valence-corrected chi connectivity index (χ1v) is 29.0. The van der Waals surface area contributed by atoms with Crippen molar-refractivity contribution < 1.29 is 84.0 Å². The SMILES string of the molecule is COCCOCCOCCOCCOCC[N+](CCOCCOCCOCCOCCOC)=c1ccc2c(C(C)(C)C)cc(/C=C/C=C3/N(CCCCCC(=O)ON4C(=O)CCC4=O)c4ccc(S(=O)(=O)[O-])cc4C3(C)C)oc-2c1. The number of rotatable bonds is 40. The summed E-state index contributed by atoms with van der Waals surface area (Å²) >= 11 is 0. The van der Waals surface area contributed by atoms with E-state index in [2.05, 4.69) is 48.4 Å². The minimum absolute atomic E-state index is 0.0190. The van der Waals surface area contributed by atoms with Gasteiger partial charge in [-0.15, -0.1) is 5.06 Å². The lowest BCUT2D eigenvalue weighted by Crippen LogP contribution is -2.36. The van der Waals surface area contributed by atoms with Crippen LogP contribution in [0.2, 0.25) is 0 Å². The van der Waals surface area contributed by atoms with Gasteiger partial charge in [0.05, 0.1) is 117 Å². The molecule has 3 heterocycles. The number of hydroxylamine groups is 2. The normalized spacial score (nSPS) is 15.1. The molecule has 1 aliphatic carbocycles. The molecule has 22 heteroatoms. The van der Waals surface area contributed by atoms with Gasteiger partial charge < -0.3 is 66.1 Å². The van der Waals surface area contributed by atoms with Crippen molar-refractivity contribution in [3.05, 3.63) is 82.6 Å². The Labute approximate surface area is 472 Å². The number of nitrogens with zero attached hydrogens (tertiary/aromatic N) is 3. The monoisotopic (exact) mass is 1140 g/mol. The van der Waals surface area contributed by atoms with Crippen molar-refractivity contribution in [2.45, 2.75) is 88.9 Å². The number of methoxy groups -OCH3 is 2. The number of benzene rings is 2. The van der Waals surface area contributed by atoms with E-state index in [1.165, 1.54) is 12.1 Å². The lowest BCUT2D eigenvalue weighted by atomic mass is 9.82. The molecule has 80 heavy (non-hydrogen) atoms. The zero-order valence-electron chi connectivity index (χ0n) is 48.0. The number of carbonyl (C=O) groups excluding carboxylic acids is 3. The smallest absolute Gasteiger partial charge is 0.333 e. The summed E-state index contributed by atoms with van der Waals surface area (Å²) in [5.74, 6) is -0.416. The van der Waals surface area contributed by atoms with Crippen LogP contribution in [-0.2, 0) is 87.5 Å². The third kappa shape index (κ3) is 21.7. The van der Waals surface area contributed by atoms with Crippen molar-refractivity contribution in [2.75, 3.05) is 158 Å². The molecule has 1 saturated heterocycles. The maximum atomic E-state index is 12.5. The topological polar surface area (TPSA) is 233 Å². The highest BCUT2D eigenvalue weighted by molar-refractivity contribution is 7.85. The summed E-state index contributed by atoms with van der Waals surface area (Å²) in [4.78, 5) is 43.2. The first-order valence-electron chi connectivity index (χ1n) is 27.5. The molecule has 1 fully saturated rings. The molecule has 0 bridgehead atoms. The van der Waals surface area contributed by atoms with Crippen molar-refractivity contribution in [1.29, 1.82) is 0 Å². The minimum Gasteiger partial charge on any atom is -0.744 e. The van der Waals surface area contributed by atoms with Crippen LogP contribution in [0.25, 0.3) is 17.4 Å². The standard InChI is InChI=1S/C58H85N3O18S/c1-57(2,3)49-43-46(12-11-13-53-58(4,5)50-44-47(80(65,66)67)16-18-51(50)60(53)21-10-8-9-14-56(64)79-61-54(62)19-20-55(61)63)78-52-42-45(15-17-48(49)52)59(22-24-70-30-32-74-38-40-76-36-34-72-28-26-68-6)23-25-71-31-33-75-39-41-77-37-35-73-29-27-69-7/h11-13,15-18,42-44H,8-10,14,19-41H2,1-7H3. The molecule has 1 aromatic rings. The lowest BCUT2D eigenvalue weighted by molar-refractivity contribution is -0.197. The van der Waals surface area contributed by atoms with Crippen LogP contribution in [0.1, 0.15) is 90.0 Å². The van der Waals surface area contributed by atoms with Gasteiger partial charge in [0, 0.05) is 68.5 Å². The van der Waals surface area contributed by atoms with Gasteiger partial charge in [-0.05, 0) is 71.9 Å². The number of hydrogen-bond donors (Lipinski definition) is 0. The summed E-state index contributed by atoms with van der Waals surface area (Å²) in [6.07, 6.45) is 7.55. The molecule has 1 aromatic carbocycles. The maximum Gasteiger partial charge on any atom is 0.333 e. The fraction of sp³-hybridized carbons (Fsp3) is 0.621. The first kappa shape index (κ1) is 65.9. The Kier molecular flexibility index (Phi) is 28.4. The van der Waals surface area contributed by atoms with E-state index in [0.717, 1.165) is 27.9 Å². The van der Waals surface area contributed by atoms with E-state index in [1.54, 1.807) is 20.3 Å². The van der Waals surface area contributed by atoms with Gasteiger partial charge in [0.2, 0.25) is 5.36 Å². The Balaban J connectivity index is 1.30. The van der Waals surface area contributed by atoms with Crippen molar-refractivity contribution in [3.8, 4) is 11.3 Å². The van der Waals surface area contributed by atoms with Gasteiger partial charge in [0.25, 0.3) is 11.8 Å². The second kappa shape index (κ2) is 34.5. The largest absolute Gasteiger partial charge is 0.744 e. The summed E-state index contributed by atoms with van der Waals surface area (Å²) in [6.45, 7) is 20.5. The first-order chi connectivity index (χ1) is 38.4. The van der Waals surface area contributed by atoms with E-state index in [4.69, 9.17) is 56.6 Å². The molecule has 0 radical (unpaired) electrons. The van der Waals surface area contributed by atoms with E-state index < -0.39 is 33.3 Å². The number of hydrogen-bond acceptors (Lipinski definition) is 19. The van der Waals surface area contributed by atoms with Gasteiger partial charge >= 0.3 is 5.97 Å². The van der Waals surface area contributed by atoms with Crippen LogP contribution in [0.5, 0.6) is 0 Å². The van der Waals surface area contributed by atoms with E-state index >= 15 is 0 Å². The second-order valence-corrected chi connectivity index (χ2v) is 21.9. The molecular weight excluding hydrogens is 1060 g/mol.